The first-order chi connectivity index (χ1) is 11.0. The van der Waals surface area contributed by atoms with Crippen molar-refractivity contribution in [2.75, 3.05) is 0 Å². The number of hydrogen-bond donors (Lipinski definition) is 0. The highest BCUT2D eigenvalue weighted by molar-refractivity contribution is 6.10. The predicted molar refractivity (Wildman–Crippen MR) is 96.5 cm³/mol. The summed E-state index contributed by atoms with van der Waals surface area (Å²) in [5, 5.41) is 0. The molecule has 1 rings (SSSR count). The summed E-state index contributed by atoms with van der Waals surface area (Å²) in [6, 6.07) is 9.14. The maximum Gasteiger partial charge on any atom is 0.173 e. The molecule has 0 saturated carbocycles. The van der Waals surface area contributed by atoms with Gasteiger partial charge in [-0.2, -0.15) is 0 Å². The molecular formula is C21H28O2. The number of rotatable bonds is 10. The average Bonchev–Trinajstić information content (AvgIpc) is 2.56. The molecule has 0 N–H and O–H groups in total. The molecule has 0 bridgehead atoms. The molecule has 0 aliphatic rings. The second-order valence-corrected chi connectivity index (χ2v) is 6.42. The zero-order chi connectivity index (χ0) is 17.2. The first-order valence-electron chi connectivity index (χ1n) is 8.36. The van der Waals surface area contributed by atoms with E-state index in [2.05, 4.69) is 26.5 Å². The third-order valence-electron chi connectivity index (χ3n) is 3.89. The van der Waals surface area contributed by atoms with E-state index >= 15 is 0 Å². The van der Waals surface area contributed by atoms with Gasteiger partial charge in [-0.15, -0.1) is 0 Å². The SMILES string of the molecule is C=C/C(C)=C/CCCC(=O)C(CC(C)C)C(=O)c1ccccc1. The topological polar surface area (TPSA) is 34.1 Å². The summed E-state index contributed by atoms with van der Waals surface area (Å²) in [6.45, 7) is 9.81. The molecule has 0 heterocycles. The highest BCUT2D eigenvalue weighted by Crippen LogP contribution is 2.21. The molecule has 2 heteroatoms. The van der Waals surface area contributed by atoms with Gasteiger partial charge < -0.3 is 0 Å². The zero-order valence-electron chi connectivity index (χ0n) is 14.5. The lowest BCUT2D eigenvalue weighted by Crippen LogP contribution is -2.26. The van der Waals surface area contributed by atoms with Crippen molar-refractivity contribution in [3.8, 4) is 0 Å². The largest absolute Gasteiger partial charge is 0.299 e. The van der Waals surface area contributed by atoms with Crippen molar-refractivity contribution < 1.29 is 9.59 Å². The van der Waals surface area contributed by atoms with Crippen molar-refractivity contribution in [1.82, 2.24) is 0 Å². The van der Waals surface area contributed by atoms with Crippen LogP contribution in [0.2, 0.25) is 0 Å². The lowest BCUT2D eigenvalue weighted by atomic mass is 9.85. The van der Waals surface area contributed by atoms with Gasteiger partial charge in [-0.1, -0.05) is 68.5 Å². The lowest BCUT2D eigenvalue weighted by Gasteiger charge is -2.17. The van der Waals surface area contributed by atoms with Crippen LogP contribution in [-0.2, 0) is 4.79 Å². The summed E-state index contributed by atoms with van der Waals surface area (Å²) >= 11 is 0. The third kappa shape index (κ3) is 6.77. The molecule has 23 heavy (non-hydrogen) atoms. The smallest absolute Gasteiger partial charge is 0.173 e. The lowest BCUT2D eigenvalue weighted by molar-refractivity contribution is -0.122. The summed E-state index contributed by atoms with van der Waals surface area (Å²) in [4.78, 5) is 25.2. The second-order valence-electron chi connectivity index (χ2n) is 6.42. The van der Waals surface area contributed by atoms with Gasteiger partial charge in [0.15, 0.2) is 5.78 Å². The van der Waals surface area contributed by atoms with Crippen LogP contribution in [0.25, 0.3) is 0 Å². The van der Waals surface area contributed by atoms with Crippen LogP contribution in [0.5, 0.6) is 0 Å². The minimum atomic E-state index is -0.512. The monoisotopic (exact) mass is 312 g/mol. The van der Waals surface area contributed by atoms with Crippen molar-refractivity contribution in [1.29, 1.82) is 0 Å². The predicted octanol–water partition coefficient (Wildman–Crippen LogP) is 5.40. The fourth-order valence-electron chi connectivity index (χ4n) is 2.52. The molecule has 0 aliphatic carbocycles. The Morgan fingerprint density at radius 2 is 1.83 bits per heavy atom. The van der Waals surface area contributed by atoms with Gasteiger partial charge in [-0.3, -0.25) is 9.59 Å². The van der Waals surface area contributed by atoms with E-state index in [1.165, 1.54) is 0 Å². The molecule has 124 valence electrons. The second kappa shape index (κ2) is 9.94. The van der Waals surface area contributed by atoms with E-state index < -0.39 is 5.92 Å². The number of unbranched alkanes of at least 4 members (excludes halogenated alkanes) is 1. The van der Waals surface area contributed by atoms with Crippen LogP contribution < -0.4 is 0 Å². The van der Waals surface area contributed by atoms with E-state index in [1.54, 1.807) is 12.1 Å². The molecule has 0 saturated heterocycles. The first-order valence-corrected chi connectivity index (χ1v) is 8.36. The quantitative estimate of drug-likeness (QED) is 0.251. The molecular weight excluding hydrogens is 284 g/mol. The van der Waals surface area contributed by atoms with Crippen molar-refractivity contribution in [3.05, 3.63) is 60.2 Å². The minimum absolute atomic E-state index is 0.0397. The van der Waals surface area contributed by atoms with Crippen molar-refractivity contribution in [3.63, 3.8) is 0 Å². The molecule has 1 aromatic rings. The Bertz CT molecular complexity index is 552. The van der Waals surface area contributed by atoms with Crippen LogP contribution in [0.15, 0.2) is 54.6 Å². The summed E-state index contributed by atoms with van der Waals surface area (Å²) in [7, 11) is 0. The molecule has 1 unspecified atom stereocenters. The Morgan fingerprint density at radius 1 is 1.17 bits per heavy atom. The van der Waals surface area contributed by atoms with Crippen LogP contribution in [0, 0.1) is 11.8 Å². The van der Waals surface area contributed by atoms with Gasteiger partial charge in [0.05, 0.1) is 5.92 Å². The maximum absolute atomic E-state index is 12.7. The fraction of sp³-hybridized carbons (Fsp3) is 0.429. The van der Waals surface area contributed by atoms with Gasteiger partial charge in [0, 0.05) is 12.0 Å². The van der Waals surface area contributed by atoms with E-state index in [-0.39, 0.29) is 11.6 Å². The van der Waals surface area contributed by atoms with E-state index in [1.807, 2.05) is 31.2 Å². The minimum Gasteiger partial charge on any atom is -0.299 e. The Balaban J connectivity index is 2.71. The zero-order valence-corrected chi connectivity index (χ0v) is 14.5. The van der Waals surface area contributed by atoms with Crippen molar-refractivity contribution in [2.24, 2.45) is 11.8 Å². The average molecular weight is 312 g/mol. The van der Waals surface area contributed by atoms with Crippen LogP contribution >= 0.6 is 0 Å². The van der Waals surface area contributed by atoms with Gasteiger partial charge in [-0.05, 0) is 32.1 Å². The number of allylic oxidation sites excluding steroid dienone is 3. The first kappa shape index (κ1) is 19.1. The number of benzene rings is 1. The van der Waals surface area contributed by atoms with E-state index in [0.717, 1.165) is 18.4 Å². The number of Topliss-reactive ketones (excluding diaryl/α,β-unsaturated/α-hetero) is 2. The number of carbonyl (C=O) groups is 2. The molecule has 0 aromatic heterocycles. The van der Waals surface area contributed by atoms with Gasteiger partial charge in [-0.25, -0.2) is 0 Å². The van der Waals surface area contributed by atoms with Crippen molar-refractivity contribution >= 4 is 11.6 Å². The molecule has 0 aliphatic heterocycles. The Kier molecular flexibility index (Phi) is 8.25. The van der Waals surface area contributed by atoms with Crippen molar-refractivity contribution in [2.45, 2.75) is 46.5 Å². The van der Waals surface area contributed by atoms with Crippen LogP contribution in [0.1, 0.15) is 56.8 Å². The Hall–Kier alpha value is -1.96. The standard InChI is InChI=1S/C21H28O2/c1-5-17(4)11-9-10-14-20(22)19(15-16(2)3)21(23)18-12-7-6-8-13-18/h5-8,11-13,16,19H,1,9-10,14-15H2,2-4H3/b17-11+. The highest BCUT2D eigenvalue weighted by atomic mass is 16.1. The van der Waals surface area contributed by atoms with Gasteiger partial charge in [0.2, 0.25) is 0 Å². The van der Waals surface area contributed by atoms with E-state index in [9.17, 15) is 9.59 Å². The van der Waals surface area contributed by atoms with E-state index in [0.29, 0.717) is 24.3 Å². The summed E-state index contributed by atoms with van der Waals surface area (Å²) in [6.07, 6.45) is 6.59. The van der Waals surface area contributed by atoms with Gasteiger partial charge >= 0.3 is 0 Å². The van der Waals surface area contributed by atoms with E-state index in [4.69, 9.17) is 0 Å². The van der Waals surface area contributed by atoms with Gasteiger partial charge in [0.25, 0.3) is 0 Å². The summed E-state index contributed by atoms with van der Waals surface area (Å²) < 4.78 is 0. The molecule has 0 amide bonds. The normalized spacial score (nSPS) is 13.0. The number of hydrogen-bond acceptors (Lipinski definition) is 2. The molecule has 1 atom stereocenters. The number of carbonyl (C=O) groups excluding carboxylic acids is 2. The molecule has 0 radical (unpaired) electrons. The molecule has 0 spiro atoms. The summed E-state index contributed by atoms with van der Waals surface area (Å²) in [5.74, 6) is -0.166. The molecule has 2 nitrogen and oxygen atoms in total. The number of ketones is 2. The highest BCUT2D eigenvalue weighted by Gasteiger charge is 2.27. The molecule has 0 fully saturated rings. The third-order valence-corrected chi connectivity index (χ3v) is 3.89. The van der Waals surface area contributed by atoms with Crippen LogP contribution in [0.3, 0.4) is 0 Å². The Morgan fingerprint density at radius 3 is 2.39 bits per heavy atom. The van der Waals surface area contributed by atoms with Crippen LogP contribution in [-0.4, -0.2) is 11.6 Å². The van der Waals surface area contributed by atoms with Gasteiger partial charge in [0.1, 0.15) is 5.78 Å². The van der Waals surface area contributed by atoms with Crippen LogP contribution in [0.4, 0.5) is 0 Å². The fourth-order valence-corrected chi connectivity index (χ4v) is 2.52. The maximum atomic E-state index is 12.7. The Labute approximate surface area is 140 Å². The molecule has 1 aromatic carbocycles. The summed E-state index contributed by atoms with van der Waals surface area (Å²) in [5.41, 5.74) is 1.76.